The highest BCUT2D eigenvalue weighted by Crippen LogP contribution is 2.28. The average molecular weight is 419 g/mol. The molecule has 2 aromatic carbocycles. The Morgan fingerprint density at radius 1 is 1.10 bits per heavy atom. The van der Waals surface area contributed by atoms with E-state index in [1.54, 1.807) is 20.2 Å². The molecule has 3 amide bonds. The number of carbonyl (C=O) groups is 3. The number of urea groups is 1. The maximum atomic E-state index is 13.2. The molecule has 2 N–H and O–H groups in total. The highest BCUT2D eigenvalue weighted by molar-refractivity contribution is 6.14. The van der Waals surface area contributed by atoms with Gasteiger partial charge in [-0.3, -0.25) is 14.5 Å². The molecule has 0 unspecified atom stereocenters. The van der Waals surface area contributed by atoms with Crippen molar-refractivity contribution >= 4 is 28.6 Å². The van der Waals surface area contributed by atoms with Crippen molar-refractivity contribution in [1.82, 2.24) is 15.2 Å². The second kappa shape index (κ2) is 7.91. The van der Waals surface area contributed by atoms with Crippen molar-refractivity contribution in [2.75, 3.05) is 13.7 Å². The Hall–Kier alpha value is -3.61. The molecular formula is C24H25N3O4. The minimum Gasteiger partial charge on any atom is -0.496 e. The van der Waals surface area contributed by atoms with Gasteiger partial charge in [-0.1, -0.05) is 43.3 Å². The first-order chi connectivity index (χ1) is 14.9. The zero-order valence-electron chi connectivity index (χ0n) is 17.8. The summed E-state index contributed by atoms with van der Waals surface area (Å²) in [5.74, 6) is -0.0683. The zero-order valence-corrected chi connectivity index (χ0v) is 17.8. The fourth-order valence-corrected chi connectivity index (χ4v) is 4.21. The number of aryl methyl sites for hydroxylation is 1. The largest absolute Gasteiger partial charge is 0.496 e. The summed E-state index contributed by atoms with van der Waals surface area (Å²) in [6, 6.07) is 12.6. The molecule has 0 aliphatic carbocycles. The number of amides is 3. The van der Waals surface area contributed by atoms with Crippen LogP contribution in [0, 0.1) is 0 Å². The number of aromatic amines is 1. The van der Waals surface area contributed by atoms with Crippen molar-refractivity contribution in [3.05, 3.63) is 65.4 Å². The molecule has 1 saturated heterocycles. The standard InChI is InChI=1S/C24H25N3O4/c1-4-15-9-7-10-17-18(13-25-21(15)17)19(28)14-27-22(29)24(2,26-23(27)30)12-16-8-5-6-11-20(16)31-3/h5-11,13,25H,4,12,14H2,1-3H3,(H,26,30)/t24-/m1/s1. The molecule has 0 bridgehead atoms. The van der Waals surface area contributed by atoms with Gasteiger partial charge in [-0.15, -0.1) is 0 Å². The molecule has 7 nitrogen and oxygen atoms in total. The quantitative estimate of drug-likeness (QED) is 0.453. The van der Waals surface area contributed by atoms with E-state index in [-0.39, 0.29) is 18.7 Å². The summed E-state index contributed by atoms with van der Waals surface area (Å²) in [7, 11) is 1.56. The van der Waals surface area contributed by atoms with E-state index >= 15 is 0 Å². The summed E-state index contributed by atoms with van der Waals surface area (Å²) in [6.07, 6.45) is 2.75. The topological polar surface area (TPSA) is 91.5 Å². The minimum atomic E-state index is -1.15. The Morgan fingerprint density at radius 2 is 1.84 bits per heavy atom. The van der Waals surface area contributed by atoms with Gasteiger partial charge in [-0.25, -0.2) is 4.79 Å². The number of aromatic nitrogens is 1. The third-order valence-electron chi connectivity index (χ3n) is 5.87. The van der Waals surface area contributed by atoms with E-state index < -0.39 is 17.5 Å². The summed E-state index contributed by atoms with van der Waals surface area (Å²) >= 11 is 0. The van der Waals surface area contributed by atoms with Crippen molar-refractivity contribution in [3.63, 3.8) is 0 Å². The third kappa shape index (κ3) is 3.56. The number of hydrogen-bond donors (Lipinski definition) is 2. The molecule has 1 atom stereocenters. The Morgan fingerprint density at radius 3 is 2.58 bits per heavy atom. The number of Topliss-reactive ketones (excluding diaryl/α,β-unsaturated/α-hetero) is 1. The van der Waals surface area contributed by atoms with Gasteiger partial charge >= 0.3 is 6.03 Å². The lowest BCUT2D eigenvalue weighted by molar-refractivity contribution is -0.130. The van der Waals surface area contributed by atoms with Crippen LogP contribution >= 0.6 is 0 Å². The fraction of sp³-hybridized carbons (Fsp3) is 0.292. The Balaban J connectivity index is 1.56. The molecule has 31 heavy (non-hydrogen) atoms. The zero-order chi connectivity index (χ0) is 22.2. The van der Waals surface area contributed by atoms with Gasteiger partial charge in [0.1, 0.15) is 11.3 Å². The number of nitrogens with one attached hydrogen (secondary N) is 2. The van der Waals surface area contributed by atoms with E-state index in [0.29, 0.717) is 11.3 Å². The highest BCUT2D eigenvalue weighted by atomic mass is 16.5. The van der Waals surface area contributed by atoms with Crippen molar-refractivity contribution in [2.45, 2.75) is 32.2 Å². The van der Waals surface area contributed by atoms with Crippen LogP contribution in [0.15, 0.2) is 48.7 Å². The number of methoxy groups -OCH3 is 1. The molecule has 1 fully saturated rings. The first-order valence-electron chi connectivity index (χ1n) is 10.3. The van der Waals surface area contributed by atoms with Gasteiger partial charge in [-0.2, -0.15) is 0 Å². The van der Waals surface area contributed by atoms with Gasteiger partial charge in [-0.05, 0) is 30.5 Å². The molecule has 160 valence electrons. The molecule has 0 radical (unpaired) electrons. The number of imide groups is 1. The highest BCUT2D eigenvalue weighted by Gasteiger charge is 2.48. The number of ketones is 1. The van der Waals surface area contributed by atoms with Crippen LogP contribution in [0.4, 0.5) is 4.79 Å². The van der Waals surface area contributed by atoms with E-state index in [1.807, 2.05) is 49.4 Å². The Bertz CT molecular complexity index is 1180. The molecule has 2 heterocycles. The SMILES string of the molecule is CCc1cccc2c(C(=O)CN3C(=O)N[C@](C)(Cc4ccccc4OC)C3=O)c[nH]c12. The van der Waals surface area contributed by atoms with Crippen LogP contribution in [0.2, 0.25) is 0 Å². The number of para-hydroxylation sites is 2. The third-order valence-corrected chi connectivity index (χ3v) is 5.87. The minimum absolute atomic E-state index is 0.263. The van der Waals surface area contributed by atoms with Crippen LogP contribution in [0.25, 0.3) is 10.9 Å². The fourth-order valence-electron chi connectivity index (χ4n) is 4.21. The van der Waals surface area contributed by atoms with Crippen LogP contribution < -0.4 is 10.1 Å². The smallest absolute Gasteiger partial charge is 0.325 e. The van der Waals surface area contributed by atoms with E-state index in [9.17, 15) is 14.4 Å². The summed E-state index contributed by atoms with van der Waals surface area (Å²) in [6.45, 7) is 3.41. The average Bonchev–Trinajstić information content (AvgIpc) is 3.29. The molecule has 4 rings (SSSR count). The van der Waals surface area contributed by atoms with Crippen LogP contribution in [0.1, 0.15) is 35.3 Å². The molecule has 1 aliphatic heterocycles. The van der Waals surface area contributed by atoms with E-state index in [2.05, 4.69) is 10.3 Å². The molecule has 1 aromatic heterocycles. The van der Waals surface area contributed by atoms with Crippen molar-refractivity contribution in [1.29, 1.82) is 0 Å². The van der Waals surface area contributed by atoms with Crippen LogP contribution in [0.5, 0.6) is 5.75 Å². The molecule has 1 aliphatic rings. The van der Waals surface area contributed by atoms with Gasteiger partial charge < -0.3 is 15.0 Å². The summed E-state index contributed by atoms with van der Waals surface area (Å²) < 4.78 is 5.37. The number of hydrogen-bond acceptors (Lipinski definition) is 4. The van der Waals surface area contributed by atoms with E-state index in [4.69, 9.17) is 4.74 Å². The van der Waals surface area contributed by atoms with E-state index in [1.165, 1.54) is 0 Å². The molecular weight excluding hydrogens is 394 g/mol. The normalized spacial score (nSPS) is 18.5. The van der Waals surface area contributed by atoms with E-state index in [0.717, 1.165) is 33.4 Å². The van der Waals surface area contributed by atoms with Crippen molar-refractivity contribution in [3.8, 4) is 5.75 Å². The number of rotatable bonds is 7. The van der Waals surface area contributed by atoms with Crippen LogP contribution in [0.3, 0.4) is 0 Å². The number of fused-ring (bicyclic) bond motifs is 1. The predicted octanol–water partition coefficient (Wildman–Crippen LogP) is 3.47. The summed E-state index contributed by atoms with van der Waals surface area (Å²) in [5, 5.41) is 3.56. The number of benzene rings is 2. The van der Waals surface area contributed by atoms with Crippen LogP contribution in [-0.4, -0.2) is 46.8 Å². The van der Waals surface area contributed by atoms with Gasteiger partial charge in [0.15, 0.2) is 5.78 Å². The van der Waals surface area contributed by atoms with Crippen molar-refractivity contribution < 1.29 is 19.1 Å². The second-order valence-corrected chi connectivity index (χ2v) is 7.96. The molecule has 0 saturated carbocycles. The summed E-state index contributed by atoms with van der Waals surface area (Å²) in [5.41, 5.74) is 2.14. The lowest BCUT2D eigenvalue weighted by Gasteiger charge is -2.22. The van der Waals surface area contributed by atoms with Gasteiger partial charge in [0.25, 0.3) is 5.91 Å². The second-order valence-electron chi connectivity index (χ2n) is 7.96. The first-order valence-corrected chi connectivity index (χ1v) is 10.3. The summed E-state index contributed by atoms with van der Waals surface area (Å²) in [4.78, 5) is 43.0. The predicted molar refractivity (Wildman–Crippen MR) is 117 cm³/mol. The maximum Gasteiger partial charge on any atom is 0.325 e. The number of nitrogens with zero attached hydrogens (tertiary/aromatic N) is 1. The first kappa shape index (κ1) is 20.7. The Labute approximate surface area is 180 Å². The number of carbonyl (C=O) groups excluding carboxylic acids is 3. The Kier molecular flexibility index (Phi) is 5.27. The lowest BCUT2D eigenvalue weighted by atomic mass is 9.92. The lowest BCUT2D eigenvalue weighted by Crippen LogP contribution is -2.46. The van der Waals surface area contributed by atoms with Crippen LogP contribution in [-0.2, 0) is 17.6 Å². The maximum absolute atomic E-state index is 13.2. The van der Waals surface area contributed by atoms with Gasteiger partial charge in [0.2, 0.25) is 0 Å². The molecule has 0 spiro atoms. The van der Waals surface area contributed by atoms with Gasteiger partial charge in [0.05, 0.1) is 13.7 Å². The molecule has 3 aromatic rings. The monoisotopic (exact) mass is 419 g/mol. The van der Waals surface area contributed by atoms with Crippen molar-refractivity contribution in [2.24, 2.45) is 0 Å². The van der Waals surface area contributed by atoms with Gasteiger partial charge in [0, 0.05) is 29.1 Å². The number of ether oxygens (including phenoxy) is 1. The molecule has 7 heteroatoms. The number of H-pyrrole nitrogens is 1.